The van der Waals surface area contributed by atoms with Crippen LogP contribution in [0.1, 0.15) is 121 Å². The zero-order valence-corrected chi connectivity index (χ0v) is 39.5. The number of nitrogens with zero attached hydrogens (tertiary/aromatic N) is 2. The molecule has 61 heavy (non-hydrogen) atoms. The van der Waals surface area contributed by atoms with Crippen molar-refractivity contribution < 1.29 is 0 Å². The van der Waals surface area contributed by atoms with Crippen LogP contribution in [0.3, 0.4) is 0 Å². The topological polar surface area (TPSA) is 6.48 Å². The normalized spacial score (nSPS) is 16.3. The van der Waals surface area contributed by atoms with E-state index in [0.717, 1.165) is 0 Å². The molecule has 0 saturated heterocycles. The van der Waals surface area contributed by atoms with Gasteiger partial charge in [0.15, 0.2) is 0 Å². The predicted octanol–water partition coefficient (Wildman–Crippen LogP) is 14.5. The van der Waals surface area contributed by atoms with Gasteiger partial charge in [-0.15, -0.1) is 11.3 Å². The highest BCUT2D eigenvalue weighted by atomic mass is 32.1. The molecule has 0 radical (unpaired) electrons. The highest BCUT2D eigenvalue weighted by molar-refractivity contribution is 7.33. The number of aryl methyl sites for hydroxylation is 3. The zero-order valence-electron chi connectivity index (χ0n) is 38.7. The van der Waals surface area contributed by atoms with Gasteiger partial charge in [0.1, 0.15) is 0 Å². The number of fused-ring (bicyclic) bond motifs is 7. The molecule has 0 N–H and O–H groups in total. The molecule has 0 amide bonds. The molecule has 4 heteroatoms. The van der Waals surface area contributed by atoms with Gasteiger partial charge in [0.05, 0.1) is 5.69 Å². The molecule has 0 saturated carbocycles. The van der Waals surface area contributed by atoms with Crippen LogP contribution in [0.15, 0.2) is 109 Å². The molecule has 10 rings (SSSR count). The van der Waals surface area contributed by atoms with Crippen LogP contribution in [0.5, 0.6) is 0 Å². The Kier molecular flexibility index (Phi) is 8.84. The van der Waals surface area contributed by atoms with Crippen molar-refractivity contribution >= 4 is 78.0 Å². The quantitative estimate of drug-likeness (QED) is 0.164. The SMILES string of the molecule is Cc1cc2c3c(c1)N(c1ccc(-c4c(C)cccc4C)cc1)c1c(sc4cc5c(cc14)C(C)(C)CCC5(C)C)B3c1cc(C(C)(C)C)ccc1N2c1ccc(C(C)(C)C)cc1. The van der Waals surface area contributed by atoms with E-state index in [2.05, 4.69) is 209 Å². The van der Waals surface area contributed by atoms with Crippen LogP contribution in [0.2, 0.25) is 0 Å². The first kappa shape index (κ1) is 40.0. The largest absolute Gasteiger partial charge is 0.311 e. The third kappa shape index (κ3) is 6.25. The second-order valence-electron chi connectivity index (χ2n) is 21.9. The van der Waals surface area contributed by atoms with Crippen molar-refractivity contribution in [3.05, 3.63) is 148 Å². The first-order valence-electron chi connectivity index (χ1n) is 22.5. The number of benzene rings is 6. The van der Waals surface area contributed by atoms with E-state index in [0.29, 0.717) is 0 Å². The van der Waals surface area contributed by atoms with E-state index in [9.17, 15) is 0 Å². The van der Waals surface area contributed by atoms with Crippen LogP contribution in [0.25, 0.3) is 21.2 Å². The van der Waals surface area contributed by atoms with Gasteiger partial charge >= 0.3 is 0 Å². The Hall–Kier alpha value is -5.06. The third-order valence-electron chi connectivity index (χ3n) is 14.5. The summed E-state index contributed by atoms with van der Waals surface area (Å²) in [4.78, 5) is 5.22. The van der Waals surface area contributed by atoms with Gasteiger partial charge in [-0.05, 0) is 171 Å². The van der Waals surface area contributed by atoms with Crippen LogP contribution in [-0.4, -0.2) is 6.71 Å². The van der Waals surface area contributed by atoms with Gasteiger partial charge in [-0.25, -0.2) is 0 Å². The number of hydrogen-bond acceptors (Lipinski definition) is 3. The molecule has 1 aliphatic carbocycles. The summed E-state index contributed by atoms with van der Waals surface area (Å²) in [7, 11) is 0. The average molecular weight is 817 g/mol. The maximum absolute atomic E-state index is 2.65. The summed E-state index contributed by atoms with van der Waals surface area (Å²) in [6.45, 7) is 30.7. The van der Waals surface area contributed by atoms with Gasteiger partial charge in [-0.2, -0.15) is 0 Å². The molecule has 0 bridgehead atoms. The van der Waals surface area contributed by atoms with Gasteiger partial charge in [0.2, 0.25) is 0 Å². The van der Waals surface area contributed by atoms with E-state index in [1.54, 1.807) is 0 Å². The van der Waals surface area contributed by atoms with E-state index in [4.69, 9.17) is 0 Å². The highest BCUT2D eigenvalue weighted by Gasteiger charge is 2.47. The average Bonchev–Trinajstić information content (AvgIpc) is 3.57. The summed E-state index contributed by atoms with van der Waals surface area (Å²) in [5.74, 6) is 0. The monoisotopic (exact) mass is 816 g/mol. The molecule has 0 unspecified atom stereocenters. The lowest BCUT2D eigenvalue weighted by Crippen LogP contribution is -2.60. The fourth-order valence-electron chi connectivity index (χ4n) is 10.9. The lowest BCUT2D eigenvalue weighted by molar-refractivity contribution is 0.332. The minimum Gasteiger partial charge on any atom is -0.311 e. The zero-order chi connectivity index (χ0) is 43.1. The summed E-state index contributed by atoms with van der Waals surface area (Å²) >= 11 is 2.04. The molecule has 7 aromatic rings. The Morgan fingerprint density at radius 3 is 1.72 bits per heavy atom. The van der Waals surface area contributed by atoms with Crippen LogP contribution < -0.4 is 25.5 Å². The minimum atomic E-state index is 0.00171. The number of anilines is 6. The lowest BCUT2D eigenvalue weighted by Gasteiger charge is -2.44. The van der Waals surface area contributed by atoms with E-state index < -0.39 is 0 Å². The Morgan fingerprint density at radius 1 is 0.574 bits per heavy atom. The predicted molar refractivity (Wildman–Crippen MR) is 268 cm³/mol. The smallest absolute Gasteiger partial charge is 0.264 e. The Morgan fingerprint density at radius 2 is 1.11 bits per heavy atom. The van der Waals surface area contributed by atoms with Crippen molar-refractivity contribution in [3.63, 3.8) is 0 Å². The van der Waals surface area contributed by atoms with Crippen molar-refractivity contribution in [2.24, 2.45) is 0 Å². The summed E-state index contributed by atoms with van der Waals surface area (Å²) in [6, 6.07) is 43.0. The molecule has 1 aromatic heterocycles. The maximum Gasteiger partial charge on any atom is 0.264 e. The van der Waals surface area contributed by atoms with Gasteiger partial charge in [0.25, 0.3) is 6.71 Å². The lowest BCUT2D eigenvalue weighted by atomic mass is 9.36. The van der Waals surface area contributed by atoms with Crippen molar-refractivity contribution in [1.29, 1.82) is 0 Å². The van der Waals surface area contributed by atoms with Crippen molar-refractivity contribution in [2.45, 2.75) is 125 Å². The molecule has 6 aromatic carbocycles. The van der Waals surface area contributed by atoms with Crippen LogP contribution in [-0.2, 0) is 21.7 Å². The summed E-state index contributed by atoms with van der Waals surface area (Å²) in [6.07, 6.45) is 2.40. The first-order chi connectivity index (χ1) is 28.7. The fourth-order valence-corrected chi connectivity index (χ4v) is 12.2. The number of rotatable bonds is 3. The Balaban J connectivity index is 1.29. The summed E-state index contributed by atoms with van der Waals surface area (Å²) in [5.41, 5.74) is 22.9. The molecule has 0 spiro atoms. The fraction of sp³-hybridized carbons (Fsp3) is 0.333. The molecule has 2 nitrogen and oxygen atoms in total. The summed E-state index contributed by atoms with van der Waals surface area (Å²) < 4.78 is 2.84. The molecular weight excluding hydrogens is 756 g/mol. The van der Waals surface area contributed by atoms with Crippen molar-refractivity contribution in [3.8, 4) is 11.1 Å². The van der Waals surface area contributed by atoms with Gasteiger partial charge in [-0.1, -0.05) is 124 Å². The van der Waals surface area contributed by atoms with E-state index in [1.165, 1.54) is 123 Å². The minimum absolute atomic E-state index is 0.00171. The second kappa shape index (κ2) is 13.5. The van der Waals surface area contributed by atoms with E-state index in [-0.39, 0.29) is 28.4 Å². The van der Waals surface area contributed by atoms with Crippen molar-refractivity contribution in [1.82, 2.24) is 0 Å². The molecule has 308 valence electrons. The molecule has 3 heterocycles. The van der Waals surface area contributed by atoms with Crippen LogP contribution in [0, 0.1) is 20.8 Å². The molecule has 0 fully saturated rings. The van der Waals surface area contributed by atoms with Crippen LogP contribution >= 0.6 is 11.3 Å². The third-order valence-corrected chi connectivity index (χ3v) is 15.7. The number of thiophene rings is 1. The molecule has 3 aliphatic rings. The molecule has 2 aliphatic heterocycles. The highest BCUT2D eigenvalue weighted by Crippen LogP contribution is 2.53. The van der Waals surface area contributed by atoms with Gasteiger partial charge < -0.3 is 9.80 Å². The maximum atomic E-state index is 2.65. The molecular formula is C57H61BN2S. The van der Waals surface area contributed by atoms with Gasteiger partial charge in [-0.3, -0.25) is 0 Å². The standard InChI is InChI=1S/C57H61BN2S/c1-34-29-47-51-48(30-34)60(41-22-17-37(18-23-41)50-35(2)15-14-16-36(50)3)52-42-32-43-44(57(12,13)28-27-56(43,10)11)33-49(42)61-53(52)58(51)45-31-39(55(7,8)9)21-26-46(45)59(47)40-24-19-38(20-25-40)54(4,5)6/h14-26,29-33H,27-28H2,1-13H3. The van der Waals surface area contributed by atoms with Gasteiger partial charge in [0, 0.05) is 43.3 Å². The Bertz CT molecular complexity index is 2890. The first-order valence-corrected chi connectivity index (χ1v) is 23.3. The number of hydrogen-bond donors (Lipinski definition) is 0. The summed E-state index contributed by atoms with van der Waals surface area (Å²) in [5, 5.41) is 1.38. The van der Waals surface area contributed by atoms with E-state index in [1.807, 2.05) is 11.3 Å². The van der Waals surface area contributed by atoms with E-state index >= 15 is 0 Å². The van der Waals surface area contributed by atoms with Crippen LogP contribution in [0.4, 0.5) is 34.1 Å². The Labute approximate surface area is 369 Å². The molecule has 0 atom stereocenters. The van der Waals surface area contributed by atoms with Crippen molar-refractivity contribution in [2.75, 3.05) is 9.80 Å². The second-order valence-corrected chi connectivity index (χ2v) is 23.0.